The molecular weight excluding hydrogens is 344 g/mol. The van der Waals surface area contributed by atoms with E-state index in [0.29, 0.717) is 16.8 Å². The maximum Gasteiger partial charge on any atom is 0.361 e. The minimum Gasteiger partial charge on any atom is -0.486 e. The van der Waals surface area contributed by atoms with Crippen molar-refractivity contribution in [3.8, 4) is 17.0 Å². The van der Waals surface area contributed by atoms with Crippen molar-refractivity contribution in [3.05, 3.63) is 65.4 Å². The largest absolute Gasteiger partial charge is 0.486 e. The third-order valence-corrected chi connectivity index (χ3v) is 3.51. The fourth-order valence-electron chi connectivity index (χ4n) is 2.34. The lowest BCUT2D eigenvalue weighted by atomic mass is 10.1. The van der Waals surface area contributed by atoms with Crippen molar-refractivity contribution in [1.29, 1.82) is 0 Å². The van der Waals surface area contributed by atoms with Crippen LogP contribution < -0.4 is 4.74 Å². The number of rotatable bonds is 6. The van der Waals surface area contributed by atoms with Crippen molar-refractivity contribution >= 4 is 5.97 Å². The fourth-order valence-corrected chi connectivity index (χ4v) is 2.34. The lowest BCUT2D eigenvalue weighted by Crippen LogP contribution is -2.07. The van der Waals surface area contributed by atoms with Crippen LogP contribution in [-0.4, -0.2) is 28.0 Å². The molecule has 3 aromatic rings. The highest BCUT2D eigenvalue weighted by Gasteiger charge is 2.19. The van der Waals surface area contributed by atoms with E-state index in [-0.39, 0.29) is 24.7 Å². The summed E-state index contributed by atoms with van der Waals surface area (Å²) in [6, 6.07) is 10.1. The van der Waals surface area contributed by atoms with Crippen molar-refractivity contribution in [3.63, 3.8) is 0 Å². The first kappa shape index (κ1) is 17.5. The number of esters is 1. The predicted octanol–water partition coefficient (Wildman–Crippen LogP) is 3.51. The Morgan fingerprint density at radius 2 is 2.00 bits per heavy atom. The van der Waals surface area contributed by atoms with E-state index in [1.165, 1.54) is 6.07 Å². The molecule has 0 aliphatic rings. The number of aromatic amines is 1. The van der Waals surface area contributed by atoms with Gasteiger partial charge >= 0.3 is 5.97 Å². The van der Waals surface area contributed by atoms with E-state index in [0.717, 1.165) is 12.1 Å². The van der Waals surface area contributed by atoms with E-state index in [2.05, 4.69) is 15.4 Å². The Morgan fingerprint density at radius 1 is 1.15 bits per heavy atom. The summed E-state index contributed by atoms with van der Waals surface area (Å²) in [4.78, 5) is 11.9. The fraction of sp³-hybridized carbons (Fsp3) is 0.167. The molecule has 0 fully saturated rings. The molecule has 0 amide bonds. The zero-order chi connectivity index (χ0) is 18.5. The molecule has 134 valence electrons. The van der Waals surface area contributed by atoms with E-state index < -0.39 is 17.6 Å². The Balaban J connectivity index is 1.79. The van der Waals surface area contributed by atoms with Gasteiger partial charge in [0.15, 0.2) is 17.3 Å². The van der Waals surface area contributed by atoms with E-state index in [1.807, 2.05) is 0 Å². The van der Waals surface area contributed by atoms with Crippen LogP contribution in [-0.2, 0) is 11.3 Å². The Labute approximate surface area is 147 Å². The second-order valence-corrected chi connectivity index (χ2v) is 5.31. The Kier molecular flexibility index (Phi) is 5.21. The average molecular weight is 359 g/mol. The average Bonchev–Trinajstić information content (AvgIpc) is 3.11. The van der Waals surface area contributed by atoms with Crippen LogP contribution in [0.2, 0.25) is 0 Å². The van der Waals surface area contributed by atoms with E-state index in [4.69, 9.17) is 9.47 Å². The molecule has 0 aliphatic heterocycles. The van der Waals surface area contributed by atoms with Crippen molar-refractivity contribution in [2.45, 2.75) is 13.5 Å². The number of aromatic nitrogens is 3. The van der Waals surface area contributed by atoms with Crippen LogP contribution in [0.25, 0.3) is 11.3 Å². The summed E-state index contributed by atoms with van der Waals surface area (Å²) in [6.45, 7) is 1.98. The van der Waals surface area contributed by atoms with Gasteiger partial charge in [-0.05, 0) is 30.7 Å². The van der Waals surface area contributed by atoms with Crippen LogP contribution in [0.3, 0.4) is 0 Å². The molecular formula is C18H15F2N3O3. The summed E-state index contributed by atoms with van der Waals surface area (Å²) in [5.74, 6) is -2.08. The molecule has 1 heterocycles. The monoisotopic (exact) mass is 359 g/mol. The number of hydrogen-bond acceptors (Lipinski definition) is 5. The van der Waals surface area contributed by atoms with Crippen LogP contribution in [0.1, 0.15) is 23.0 Å². The normalized spacial score (nSPS) is 10.6. The van der Waals surface area contributed by atoms with Gasteiger partial charge < -0.3 is 9.47 Å². The number of halogens is 2. The third kappa shape index (κ3) is 3.85. The van der Waals surface area contributed by atoms with Gasteiger partial charge in [0.25, 0.3) is 0 Å². The quantitative estimate of drug-likeness (QED) is 0.682. The van der Waals surface area contributed by atoms with Crippen molar-refractivity contribution in [1.82, 2.24) is 15.4 Å². The number of nitrogens with zero attached hydrogens (tertiary/aromatic N) is 2. The number of nitrogens with one attached hydrogen (secondary N) is 1. The van der Waals surface area contributed by atoms with Gasteiger partial charge in [0.1, 0.15) is 18.1 Å². The van der Waals surface area contributed by atoms with Crippen molar-refractivity contribution in [2.24, 2.45) is 0 Å². The molecule has 1 N–H and O–H groups in total. The van der Waals surface area contributed by atoms with Crippen LogP contribution >= 0.6 is 0 Å². The summed E-state index contributed by atoms with van der Waals surface area (Å²) in [6.07, 6.45) is 0. The first-order chi connectivity index (χ1) is 12.6. The first-order valence-corrected chi connectivity index (χ1v) is 7.83. The molecule has 26 heavy (non-hydrogen) atoms. The van der Waals surface area contributed by atoms with Gasteiger partial charge in [-0.15, -0.1) is 5.10 Å². The zero-order valence-corrected chi connectivity index (χ0v) is 13.8. The Bertz CT molecular complexity index is 928. The number of H-pyrrole nitrogens is 1. The molecule has 0 saturated heterocycles. The van der Waals surface area contributed by atoms with E-state index >= 15 is 0 Å². The molecule has 3 rings (SSSR count). The molecule has 0 atom stereocenters. The maximum absolute atomic E-state index is 13.6. The van der Waals surface area contributed by atoms with Crippen LogP contribution in [0.4, 0.5) is 8.78 Å². The highest BCUT2D eigenvalue weighted by molar-refractivity contribution is 5.93. The molecule has 0 bridgehead atoms. The number of hydrogen-bond donors (Lipinski definition) is 1. The smallest absolute Gasteiger partial charge is 0.361 e. The minimum absolute atomic E-state index is 0.0505. The summed E-state index contributed by atoms with van der Waals surface area (Å²) in [5.41, 5.74) is 1.76. The van der Waals surface area contributed by atoms with Crippen molar-refractivity contribution < 1.29 is 23.0 Å². The lowest BCUT2D eigenvalue weighted by Gasteiger charge is -2.08. The SMILES string of the molecule is CCOC(=O)c1n[nH]nc1-c1cccc(COc2ccc(F)cc2F)c1. The van der Waals surface area contributed by atoms with Gasteiger partial charge in [-0.1, -0.05) is 18.2 Å². The Morgan fingerprint density at radius 3 is 2.77 bits per heavy atom. The highest BCUT2D eigenvalue weighted by Crippen LogP contribution is 2.23. The van der Waals surface area contributed by atoms with Gasteiger partial charge in [0, 0.05) is 11.6 Å². The number of carbonyl (C=O) groups is 1. The van der Waals surface area contributed by atoms with Crippen molar-refractivity contribution in [2.75, 3.05) is 6.61 Å². The molecule has 8 heteroatoms. The number of carbonyl (C=O) groups excluding carboxylic acids is 1. The standard InChI is InChI=1S/C18H15F2N3O3/c1-2-25-18(24)17-16(21-23-22-17)12-5-3-4-11(8-12)10-26-15-7-6-13(19)9-14(15)20/h3-9H,2,10H2,1H3,(H,21,22,23). The minimum atomic E-state index is -0.776. The molecule has 2 aromatic carbocycles. The molecule has 0 radical (unpaired) electrons. The summed E-state index contributed by atoms with van der Waals surface area (Å²) in [5, 5.41) is 10.2. The first-order valence-electron chi connectivity index (χ1n) is 7.83. The van der Waals surface area contributed by atoms with Gasteiger partial charge in [0.05, 0.1) is 6.61 Å². The van der Waals surface area contributed by atoms with E-state index in [9.17, 15) is 13.6 Å². The second-order valence-electron chi connectivity index (χ2n) is 5.31. The second kappa shape index (κ2) is 7.73. The molecule has 1 aromatic heterocycles. The van der Waals surface area contributed by atoms with Crippen LogP contribution in [0.15, 0.2) is 42.5 Å². The van der Waals surface area contributed by atoms with Gasteiger partial charge in [-0.25, -0.2) is 13.6 Å². The summed E-state index contributed by atoms with van der Waals surface area (Å²) < 4.78 is 36.9. The Hall–Kier alpha value is -3.29. The number of benzene rings is 2. The predicted molar refractivity (Wildman–Crippen MR) is 88.5 cm³/mol. The molecule has 0 saturated carbocycles. The topological polar surface area (TPSA) is 77.1 Å². The number of ether oxygens (including phenoxy) is 2. The van der Waals surface area contributed by atoms with Gasteiger partial charge in [-0.3, -0.25) is 0 Å². The molecule has 0 aliphatic carbocycles. The third-order valence-electron chi connectivity index (χ3n) is 3.51. The molecule has 0 unspecified atom stereocenters. The molecule has 0 spiro atoms. The maximum atomic E-state index is 13.6. The van der Waals surface area contributed by atoms with Gasteiger partial charge in [-0.2, -0.15) is 10.3 Å². The summed E-state index contributed by atoms with van der Waals surface area (Å²) >= 11 is 0. The van der Waals surface area contributed by atoms with Crippen LogP contribution in [0.5, 0.6) is 5.75 Å². The summed E-state index contributed by atoms with van der Waals surface area (Å²) in [7, 11) is 0. The van der Waals surface area contributed by atoms with E-state index in [1.54, 1.807) is 31.2 Å². The van der Waals surface area contributed by atoms with Gasteiger partial charge in [0.2, 0.25) is 0 Å². The lowest BCUT2D eigenvalue weighted by molar-refractivity contribution is 0.0520. The zero-order valence-electron chi connectivity index (χ0n) is 13.8. The highest BCUT2D eigenvalue weighted by atomic mass is 19.1. The molecule has 6 nitrogen and oxygen atoms in total. The van der Waals surface area contributed by atoms with Crippen LogP contribution in [0, 0.1) is 11.6 Å².